The minimum Gasteiger partial charge on any atom is -0.451 e. The number of ketones is 2. The highest BCUT2D eigenvalue weighted by Gasteiger charge is 2.68. The SMILES string of the molecule is CC(=O)O[C@]1(C(C)=O)CC[C@H]2[C@@H]3C[C@@H](Cl)C4=CC(=O)CC[C@]4(C)[C@H]3CC[C@@]21C. The van der Waals surface area contributed by atoms with Crippen LogP contribution in [-0.2, 0) is 19.1 Å². The number of carbonyl (C=O) groups is 3. The van der Waals surface area contributed by atoms with Gasteiger partial charge < -0.3 is 4.74 Å². The first-order valence-electron chi connectivity index (χ1n) is 10.6. The molecule has 3 saturated carbocycles. The second kappa shape index (κ2) is 6.42. The molecule has 4 rings (SSSR count). The number of alkyl halides is 1. The number of allylic oxidation sites excluding steroid dienone is 1. The van der Waals surface area contributed by atoms with Gasteiger partial charge in [-0.1, -0.05) is 13.8 Å². The summed E-state index contributed by atoms with van der Waals surface area (Å²) in [7, 11) is 0. The number of hydrogen-bond donors (Lipinski definition) is 0. The van der Waals surface area contributed by atoms with Crippen LogP contribution in [0.3, 0.4) is 0 Å². The number of fused-ring (bicyclic) bond motifs is 5. The number of hydrogen-bond acceptors (Lipinski definition) is 4. The fourth-order valence-corrected chi connectivity index (χ4v) is 8.14. The molecule has 0 radical (unpaired) electrons. The molecule has 0 amide bonds. The van der Waals surface area contributed by atoms with Gasteiger partial charge in [0.15, 0.2) is 17.2 Å². The number of ether oxygens (including phenoxy) is 1. The molecule has 0 aromatic rings. The van der Waals surface area contributed by atoms with Crippen molar-refractivity contribution in [2.75, 3.05) is 0 Å². The number of halogens is 1. The topological polar surface area (TPSA) is 60.4 Å². The Kier molecular flexibility index (Phi) is 4.61. The van der Waals surface area contributed by atoms with E-state index in [1.165, 1.54) is 6.92 Å². The average Bonchev–Trinajstić information content (AvgIpc) is 2.90. The van der Waals surface area contributed by atoms with Crippen LogP contribution in [0.15, 0.2) is 11.6 Å². The van der Waals surface area contributed by atoms with E-state index < -0.39 is 5.60 Å². The summed E-state index contributed by atoms with van der Waals surface area (Å²) in [6.07, 6.45) is 7.48. The third-order valence-corrected chi connectivity index (χ3v) is 9.36. The zero-order valence-electron chi connectivity index (χ0n) is 17.3. The molecule has 0 aliphatic heterocycles. The van der Waals surface area contributed by atoms with Gasteiger partial charge in [0.1, 0.15) is 0 Å². The summed E-state index contributed by atoms with van der Waals surface area (Å²) in [6, 6.07) is 0. The van der Waals surface area contributed by atoms with E-state index in [0.29, 0.717) is 30.6 Å². The van der Waals surface area contributed by atoms with Crippen molar-refractivity contribution in [3.8, 4) is 0 Å². The summed E-state index contributed by atoms with van der Waals surface area (Å²) in [5, 5.41) is -0.126. The second-order valence-corrected chi connectivity index (χ2v) is 10.6. The highest BCUT2D eigenvalue weighted by molar-refractivity contribution is 6.23. The zero-order valence-corrected chi connectivity index (χ0v) is 18.1. The molecule has 0 unspecified atom stereocenters. The lowest BCUT2D eigenvalue weighted by atomic mass is 9.46. The number of esters is 1. The van der Waals surface area contributed by atoms with Crippen molar-refractivity contribution >= 4 is 29.1 Å². The van der Waals surface area contributed by atoms with E-state index in [-0.39, 0.29) is 33.7 Å². The van der Waals surface area contributed by atoms with Gasteiger partial charge >= 0.3 is 5.97 Å². The maximum absolute atomic E-state index is 12.8. The Balaban J connectivity index is 1.73. The number of Topliss-reactive ketones (excluding diaryl/α,β-unsaturated/α-hetero) is 1. The maximum atomic E-state index is 12.8. The van der Waals surface area contributed by atoms with Crippen LogP contribution in [0.25, 0.3) is 0 Å². The molecule has 4 aliphatic carbocycles. The third-order valence-electron chi connectivity index (χ3n) is 8.94. The van der Waals surface area contributed by atoms with Gasteiger partial charge in [0.25, 0.3) is 0 Å². The van der Waals surface area contributed by atoms with Crippen molar-refractivity contribution in [3.05, 3.63) is 11.6 Å². The number of rotatable bonds is 2. The van der Waals surface area contributed by atoms with Crippen molar-refractivity contribution in [2.45, 2.75) is 83.6 Å². The van der Waals surface area contributed by atoms with Crippen molar-refractivity contribution in [1.82, 2.24) is 0 Å². The minimum absolute atomic E-state index is 0.0283. The summed E-state index contributed by atoms with van der Waals surface area (Å²) in [5.41, 5.74) is -0.251. The largest absolute Gasteiger partial charge is 0.451 e. The van der Waals surface area contributed by atoms with Gasteiger partial charge in [-0.25, -0.2) is 0 Å². The molecule has 0 aromatic carbocycles. The first kappa shape index (κ1) is 20.1. The summed E-state index contributed by atoms with van der Waals surface area (Å²) in [5.74, 6) is 0.976. The van der Waals surface area contributed by atoms with E-state index in [1.54, 1.807) is 6.92 Å². The molecule has 0 aromatic heterocycles. The maximum Gasteiger partial charge on any atom is 0.303 e. The smallest absolute Gasteiger partial charge is 0.303 e. The first-order valence-corrected chi connectivity index (χ1v) is 11.1. The van der Waals surface area contributed by atoms with Crippen LogP contribution >= 0.6 is 11.6 Å². The molecule has 28 heavy (non-hydrogen) atoms. The lowest BCUT2D eigenvalue weighted by molar-refractivity contribution is -0.187. The summed E-state index contributed by atoms with van der Waals surface area (Å²) < 4.78 is 5.81. The number of carbonyl (C=O) groups excluding carboxylic acids is 3. The highest BCUT2D eigenvalue weighted by atomic mass is 35.5. The van der Waals surface area contributed by atoms with Crippen molar-refractivity contribution in [3.63, 3.8) is 0 Å². The Labute approximate surface area is 172 Å². The monoisotopic (exact) mass is 406 g/mol. The Hall–Kier alpha value is -1.16. The van der Waals surface area contributed by atoms with Crippen molar-refractivity contribution in [1.29, 1.82) is 0 Å². The standard InChI is InChI=1S/C23H31ClO4/c1-13(25)23(28-14(2)26)10-7-18-16-12-20(24)19-11-15(27)5-8-21(19,3)17(16)6-9-22(18,23)4/h11,16-18,20H,5-10,12H2,1-4H3/t16-,17+,18+,20-,21-,22+,23+/m1/s1. The quantitative estimate of drug-likeness (QED) is 0.495. The molecule has 0 spiro atoms. The average molecular weight is 407 g/mol. The minimum atomic E-state index is -1.00. The van der Waals surface area contributed by atoms with Crippen LogP contribution in [0.5, 0.6) is 0 Å². The molecule has 7 atom stereocenters. The Morgan fingerprint density at radius 3 is 2.43 bits per heavy atom. The summed E-state index contributed by atoms with van der Waals surface area (Å²) in [4.78, 5) is 36.7. The van der Waals surface area contributed by atoms with E-state index in [4.69, 9.17) is 16.3 Å². The first-order chi connectivity index (χ1) is 13.0. The van der Waals surface area contributed by atoms with E-state index in [9.17, 15) is 14.4 Å². The van der Waals surface area contributed by atoms with Gasteiger partial charge in [-0.05, 0) is 80.3 Å². The van der Waals surface area contributed by atoms with Gasteiger partial charge in [0.2, 0.25) is 0 Å². The molecule has 0 N–H and O–H groups in total. The van der Waals surface area contributed by atoms with Crippen LogP contribution < -0.4 is 0 Å². The fraction of sp³-hybridized carbons (Fsp3) is 0.783. The third kappa shape index (κ3) is 2.52. The van der Waals surface area contributed by atoms with E-state index in [0.717, 1.165) is 37.7 Å². The molecular formula is C23H31ClO4. The van der Waals surface area contributed by atoms with Crippen LogP contribution in [-0.4, -0.2) is 28.5 Å². The van der Waals surface area contributed by atoms with Gasteiger partial charge in [0.05, 0.1) is 5.38 Å². The predicted molar refractivity (Wildman–Crippen MR) is 107 cm³/mol. The molecule has 3 fully saturated rings. The normalized spacial score (nSPS) is 47.5. The van der Waals surface area contributed by atoms with Crippen LogP contribution in [0, 0.1) is 28.6 Å². The summed E-state index contributed by atoms with van der Waals surface area (Å²) >= 11 is 6.85. The van der Waals surface area contributed by atoms with Gasteiger partial charge in [0, 0.05) is 18.8 Å². The van der Waals surface area contributed by atoms with Gasteiger partial charge in [-0.3, -0.25) is 14.4 Å². The lowest BCUT2D eigenvalue weighted by Gasteiger charge is -2.60. The zero-order chi connectivity index (χ0) is 20.5. The fourth-order valence-electron chi connectivity index (χ4n) is 7.62. The molecule has 0 saturated heterocycles. The van der Waals surface area contributed by atoms with Crippen LogP contribution in [0.2, 0.25) is 0 Å². The van der Waals surface area contributed by atoms with Crippen molar-refractivity contribution < 1.29 is 19.1 Å². The summed E-state index contributed by atoms with van der Waals surface area (Å²) in [6.45, 7) is 7.42. The molecule has 5 heteroatoms. The molecule has 4 aliphatic rings. The Morgan fingerprint density at radius 2 is 1.79 bits per heavy atom. The molecular weight excluding hydrogens is 376 g/mol. The van der Waals surface area contributed by atoms with Crippen molar-refractivity contribution in [2.24, 2.45) is 28.6 Å². The molecule has 0 heterocycles. The molecule has 154 valence electrons. The van der Waals surface area contributed by atoms with E-state index in [1.807, 2.05) is 6.08 Å². The molecule has 4 nitrogen and oxygen atoms in total. The lowest BCUT2D eigenvalue weighted by Crippen LogP contribution is -2.59. The predicted octanol–water partition coefficient (Wildman–Crippen LogP) is 4.63. The van der Waals surface area contributed by atoms with Crippen LogP contribution in [0.1, 0.15) is 72.6 Å². The van der Waals surface area contributed by atoms with E-state index in [2.05, 4.69) is 13.8 Å². The highest BCUT2D eigenvalue weighted by Crippen LogP contribution is 2.68. The molecule has 0 bridgehead atoms. The Bertz CT molecular complexity index is 773. The Morgan fingerprint density at radius 1 is 1.11 bits per heavy atom. The van der Waals surface area contributed by atoms with E-state index >= 15 is 0 Å². The van der Waals surface area contributed by atoms with Gasteiger partial charge in [-0.2, -0.15) is 0 Å². The van der Waals surface area contributed by atoms with Crippen LogP contribution in [0.4, 0.5) is 0 Å². The van der Waals surface area contributed by atoms with Gasteiger partial charge in [-0.15, -0.1) is 11.6 Å². The second-order valence-electron chi connectivity index (χ2n) is 10.0.